The quantitative estimate of drug-likeness (QED) is 0.385. The number of anilines is 1. The first-order valence-corrected chi connectivity index (χ1v) is 11.1. The summed E-state index contributed by atoms with van der Waals surface area (Å²) >= 11 is 7.33. The third kappa shape index (κ3) is 5.00. The summed E-state index contributed by atoms with van der Waals surface area (Å²) in [4.78, 5) is 12.5. The van der Waals surface area contributed by atoms with E-state index in [2.05, 4.69) is 20.6 Å². The van der Waals surface area contributed by atoms with Crippen LogP contribution in [0.2, 0.25) is 5.02 Å². The number of nitrogens with zero attached hydrogens (tertiary/aromatic N) is 5. The van der Waals surface area contributed by atoms with Crippen LogP contribution < -0.4 is 5.32 Å². The molecule has 0 saturated carbocycles. The molecule has 1 aromatic carbocycles. The zero-order chi connectivity index (χ0) is 21.8. The van der Waals surface area contributed by atoms with Crippen LogP contribution in [0.25, 0.3) is 11.4 Å². The molecule has 0 unspecified atom stereocenters. The Hall–Kier alpha value is -3.04. The fourth-order valence-corrected chi connectivity index (χ4v) is 3.91. The standard InChI is InChI=1S/C21H21ClN6O2S/c1-14(2)28-18(9-10-23-28)24-19(29)13-31-21-26-25-20(15-5-7-16(22)8-6-15)27(21)12-17-4-3-11-30-17/h3-11,14H,12-13H2,1-2H3,(H,24,29). The van der Waals surface area contributed by atoms with Gasteiger partial charge in [-0.25, -0.2) is 4.68 Å². The number of carbonyl (C=O) groups is 1. The average molecular weight is 457 g/mol. The van der Waals surface area contributed by atoms with Crippen LogP contribution in [-0.2, 0) is 11.3 Å². The lowest BCUT2D eigenvalue weighted by molar-refractivity contribution is -0.113. The van der Waals surface area contributed by atoms with Gasteiger partial charge in [-0.05, 0) is 50.2 Å². The van der Waals surface area contributed by atoms with Crippen molar-refractivity contribution in [1.29, 1.82) is 0 Å². The van der Waals surface area contributed by atoms with Crippen molar-refractivity contribution in [3.05, 3.63) is 65.7 Å². The number of nitrogens with one attached hydrogen (secondary N) is 1. The van der Waals surface area contributed by atoms with E-state index < -0.39 is 0 Å². The molecular formula is C21H21ClN6O2S. The molecule has 1 N–H and O–H groups in total. The summed E-state index contributed by atoms with van der Waals surface area (Å²) in [5.41, 5.74) is 0.876. The van der Waals surface area contributed by atoms with E-state index in [1.54, 1.807) is 35.3 Å². The predicted molar refractivity (Wildman–Crippen MR) is 120 cm³/mol. The van der Waals surface area contributed by atoms with Crippen molar-refractivity contribution in [3.63, 3.8) is 0 Å². The molecule has 0 saturated heterocycles. The minimum atomic E-state index is -0.145. The molecule has 0 aliphatic carbocycles. The minimum Gasteiger partial charge on any atom is -0.467 e. The molecule has 1 amide bonds. The maximum absolute atomic E-state index is 12.5. The molecule has 0 spiro atoms. The van der Waals surface area contributed by atoms with Crippen LogP contribution in [0, 0.1) is 0 Å². The Morgan fingerprint density at radius 2 is 2.00 bits per heavy atom. The summed E-state index contributed by atoms with van der Waals surface area (Å²) < 4.78 is 9.20. The van der Waals surface area contributed by atoms with Gasteiger partial charge in [-0.1, -0.05) is 23.4 Å². The number of aromatic nitrogens is 5. The van der Waals surface area contributed by atoms with E-state index in [9.17, 15) is 4.79 Å². The van der Waals surface area contributed by atoms with Gasteiger partial charge in [0.1, 0.15) is 11.6 Å². The summed E-state index contributed by atoms with van der Waals surface area (Å²) in [6.07, 6.45) is 3.29. The van der Waals surface area contributed by atoms with Gasteiger partial charge in [0, 0.05) is 22.7 Å². The normalized spacial score (nSPS) is 11.2. The van der Waals surface area contributed by atoms with Crippen molar-refractivity contribution in [2.24, 2.45) is 0 Å². The minimum absolute atomic E-state index is 0.145. The first-order valence-electron chi connectivity index (χ1n) is 9.69. The third-order valence-corrected chi connectivity index (χ3v) is 5.69. The average Bonchev–Trinajstić information content (AvgIpc) is 3.49. The van der Waals surface area contributed by atoms with Crippen molar-refractivity contribution in [2.45, 2.75) is 31.6 Å². The molecule has 0 bridgehead atoms. The maximum atomic E-state index is 12.5. The van der Waals surface area contributed by atoms with E-state index in [-0.39, 0.29) is 17.7 Å². The van der Waals surface area contributed by atoms with Crippen LogP contribution >= 0.6 is 23.4 Å². The number of rotatable bonds is 8. The molecule has 0 fully saturated rings. The van der Waals surface area contributed by atoms with Crippen LogP contribution in [0.4, 0.5) is 5.82 Å². The van der Waals surface area contributed by atoms with Gasteiger partial charge < -0.3 is 9.73 Å². The van der Waals surface area contributed by atoms with E-state index in [1.165, 1.54) is 11.8 Å². The highest BCUT2D eigenvalue weighted by Crippen LogP contribution is 2.26. The van der Waals surface area contributed by atoms with E-state index in [0.29, 0.717) is 28.4 Å². The fourth-order valence-electron chi connectivity index (χ4n) is 3.04. The summed E-state index contributed by atoms with van der Waals surface area (Å²) in [5, 5.41) is 17.1. The summed E-state index contributed by atoms with van der Waals surface area (Å²) in [6.45, 7) is 4.46. The Morgan fingerprint density at radius 1 is 1.19 bits per heavy atom. The van der Waals surface area contributed by atoms with Crippen LogP contribution in [0.1, 0.15) is 25.6 Å². The second-order valence-electron chi connectivity index (χ2n) is 7.07. The first kappa shape index (κ1) is 21.2. The van der Waals surface area contributed by atoms with Crippen LogP contribution in [0.3, 0.4) is 0 Å². The Balaban J connectivity index is 1.52. The Bertz CT molecular complexity index is 1150. The maximum Gasteiger partial charge on any atom is 0.235 e. The second-order valence-corrected chi connectivity index (χ2v) is 8.45. The Morgan fingerprint density at radius 3 is 2.71 bits per heavy atom. The van der Waals surface area contributed by atoms with Crippen molar-refractivity contribution in [1.82, 2.24) is 24.5 Å². The lowest BCUT2D eigenvalue weighted by Gasteiger charge is -2.12. The number of benzene rings is 1. The van der Waals surface area contributed by atoms with E-state index in [4.69, 9.17) is 16.0 Å². The molecule has 160 valence electrons. The van der Waals surface area contributed by atoms with Gasteiger partial charge in [0.05, 0.1) is 24.8 Å². The molecule has 0 aliphatic rings. The van der Waals surface area contributed by atoms with Gasteiger partial charge in [0.25, 0.3) is 0 Å². The van der Waals surface area contributed by atoms with Crippen molar-refractivity contribution >= 4 is 35.1 Å². The molecule has 10 heteroatoms. The number of hydrogen-bond donors (Lipinski definition) is 1. The summed E-state index contributed by atoms with van der Waals surface area (Å²) in [6, 6.07) is 13.0. The van der Waals surface area contributed by atoms with Gasteiger partial charge in [0.15, 0.2) is 11.0 Å². The molecule has 31 heavy (non-hydrogen) atoms. The molecule has 4 aromatic rings. The predicted octanol–water partition coefficient (Wildman–Crippen LogP) is 4.75. The highest BCUT2D eigenvalue weighted by Gasteiger charge is 2.18. The van der Waals surface area contributed by atoms with Crippen molar-refractivity contribution in [3.8, 4) is 11.4 Å². The van der Waals surface area contributed by atoms with Crippen LogP contribution in [-0.4, -0.2) is 36.2 Å². The Labute approximate surface area is 188 Å². The molecule has 0 atom stereocenters. The third-order valence-electron chi connectivity index (χ3n) is 4.47. The highest BCUT2D eigenvalue weighted by atomic mass is 35.5. The fraction of sp³-hybridized carbons (Fsp3) is 0.238. The van der Waals surface area contributed by atoms with Crippen molar-refractivity contribution < 1.29 is 9.21 Å². The molecule has 3 aromatic heterocycles. The molecule has 4 rings (SSSR count). The van der Waals surface area contributed by atoms with Gasteiger partial charge in [-0.15, -0.1) is 10.2 Å². The number of hydrogen-bond acceptors (Lipinski definition) is 6. The topological polar surface area (TPSA) is 90.8 Å². The van der Waals surface area contributed by atoms with Crippen LogP contribution in [0.5, 0.6) is 0 Å². The largest absolute Gasteiger partial charge is 0.467 e. The monoisotopic (exact) mass is 456 g/mol. The zero-order valence-electron chi connectivity index (χ0n) is 17.0. The highest BCUT2D eigenvalue weighted by molar-refractivity contribution is 7.99. The summed E-state index contributed by atoms with van der Waals surface area (Å²) in [5.74, 6) is 2.14. The molecule has 8 nitrogen and oxygen atoms in total. The van der Waals surface area contributed by atoms with Gasteiger partial charge in [-0.2, -0.15) is 5.10 Å². The van der Waals surface area contributed by atoms with E-state index in [1.807, 2.05) is 42.7 Å². The SMILES string of the molecule is CC(C)n1nccc1NC(=O)CSc1nnc(-c2ccc(Cl)cc2)n1Cc1ccco1. The zero-order valence-corrected chi connectivity index (χ0v) is 18.6. The number of furan rings is 1. The van der Waals surface area contributed by atoms with E-state index >= 15 is 0 Å². The van der Waals surface area contributed by atoms with Crippen molar-refractivity contribution in [2.75, 3.05) is 11.1 Å². The lowest BCUT2D eigenvalue weighted by Crippen LogP contribution is -2.18. The van der Waals surface area contributed by atoms with Crippen LogP contribution in [0.15, 0.2) is 64.5 Å². The molecular weight excluding hydrogens is 436 g/mol. The number of amides is 1. The van der Waals surface area contributed by atoms with Gasteiger partial charge in [-0.3, -0.25) is 9.36 Å². The lowest BCUT2D eigenvalue weighted by atomic mass is 10.2. The number of halogens is 1. The van der Waals surface area contributed by atoms with E-state index in [0.717, 1.165) is 11.3 Å². The summed E-state index contributed by atoms with van der Waals surface area (Å²) in [7, 11) is 0. The molecule has 0 aliphatic heterocycles. The Kier molecular flexibility index (Phi) is 6.43. The second kappa shape index (κ2) is 9.40. The number of thioether (sulfide) groups is 1. The smallest absolute Gasteiger partial charge is 0.235 e. The first-order chi connectivity index (χ1) is 15.0. The number of carbonyl (C=O) groups excluding carboxylic acids is 1. The van der Waals surface area contributed by atoms with Gasteiger partial charge >= 0.3 is 0 Å². The van der Waals surface area contributed by atoms with Gasteiger partial charge in [0.2, 0.25) is 5.91 Å². The molecule has 3 heterocycles. The molecule has 0 radical (unpaired) electrons.